The molecule has 0 aliphatic heterocycles. The number of aliphatic hydroxyl groups is 1. The molecule has 2 atom stereocenters. The van der Waals surface area contributed by atoms with Crippen LogP contribution in [0.4, 0.5) is 0 Å². The maximum absolute atomic E-state index is 10.1. The third-order valence-corrected chi connectivity index (χ3v) is 3.03. The number of aliphatic hydroxyl groups excluding tert-OH is 1. The summed E-state index contributed by atoms with van der Waals surface area (Å²) in [5.74, 6) is 1.35. The van der Waals surface area contributed by atoms with Crippen molar-refractivity contribution in [2.24, 2.45) is 11.7 Å². The van der Waals surface area contributed by atoms with Gasteiger partial charge in [-0.15, -0.1) is 12.4 Å². The van der Waals surface area contributed by atoms with E-state index in [1.54, 1.807) is 0 Å². The molecule has 0 spiro atoms. The fourth-order valence-electron chi connectivity index (χ4n) is 1.93. The zero-order chi connectivity index (χ0) is 13.5. The number of nitrogens with two attached hydrogens (primary N) is 1. The van der Waals surface area contributed by atoms with E-state index in [0.717, 1.165) is 24.2 Å². The van der Waals surface area contributed by atoms with Crippen molar-refractivity contribution >= 4 is 12.4 Å². The average Bonchev–Trinajstić information content (AvgIpc) is 2.36. The first-order valence-electron chi connectivity index (χ1n) is 6.71. The van der Waals surface area contributed by atoms with E-state index >= 15 is 0 Å². The van der Waals surface area contributed by atoms with E-state index in [9.17, 15) is 5.11 Å². The molecule has 1 aromatic rings. The van der Waals surface area contributed by atoms with E-state index in [4.69, 9.17) is 10.5 Å². The van der Waals surface area contributed by atoms with Gasteiger partial charge in [0.25, 0.3) is 0 Å². The first kappa shape index (κ1) is 18.2. The molecule has 4 heteroatoms. The van der Waals surface area contributed by atoms with Crippen LogP contribution in [0.1, 0.15) is 45.2 Å². The summed E-state index contributed by atoms with van der Waals surface area (Å²) in [6.07, 6.45) is 1.18. The van der Waals surface area contributed by atoms with Gasteiger partial charge in [0.1, 0.15) is 5.75 Å². The number of hydrogen-bond donors (Lipinski definition) is 2. The smallest absolute Gasteiger partial charge is 0.124 e. The fraction of sp³-hybridized carbons (Fsp3) is 0.600. The lowest BCUT2D eigenvalue weighted by Crippen LogP contribution is -2.27. The standard InChI is InChI=1S/C15H25NO2.ClH/c1-4-18-14-8-6-5-7-12(14)15(16)13(17)10-9-11(2)3;/h5-8,11,13,15,17H,4,9-10,16H2,1-3H3;1H/t13-,15+;/m1./s1. The molecule has 0 aliphatic rings. The molecule has 0 bridgehead atoms. The number of rotatable bonds is 7. The summed E-state index contributed by atoms with van der Waals surface area (Å²) in [7, 11) is 0. The van der Waals surface area contributed by atoms with Gasteiger partial charge >= 0.3 is 0 Å². The van der Waals surface area contributed by atoms with Gasteiger partial charge < -0.3 is 15.6 Å². The summed E-state index contributed by atoms with van der Waals surface area (Å²) in [6.45, 7) is 6.84. The highest BCUT2D eigenvalue weighted by Crippen LogP contribution is 2.27. The molecule has 0 fully saturated rings. The van der Waals surface area contributed by atoms with Crippen molar-refractivity contribution in [1.29, 1.82) is 0 Å². The number of benzene rings is 1. The van der Waals surface area contributed by atoms with Crippen molar-refractivity contribution in [2.75, 3.05) is 6.61 Å². The summed E-state index contributed by atoms with van der Waals surface area (Å²) in [6, 6.07) is 7.28. The van der Waals surface area contributed by atoms with E-state index in [0.29, 0.717) is 12.5 Å². The first-order chi connectivity index (χ1) is 8.56. The SMILES string of the molecule is CCOc1ccccc1[C@H](N)[C@H](O)CCC(C)C.Cl. The van der Waals surface area contributed by atoms with Gasteiger partial charge in [-0.3, -0.25) is 0 Å². The summed E-state index contributed by atoms with van der Waals surface area (Å²) in [5.41, 5.74) is 7.01. The number of halogens is 1. The molecule has 0 aliphatic carbocycles. The second kappa shape index (κ2) is 9.18. The minimum Gasteiger partial charge on any atom is -0.494 e. The van der Waals surface area contributed by atoms with Crippen LogP contribution in [0.25, 0.3) is 0 Å². The fourth-order valence-corrected chi connectivity index (χ4v) is 1.93. The maximum atomic E-state index is 10.1. The average molecular weight is 288 g/mol. The van der Waals surface area contributed by atoms with Crippen LogP contribution in [0.2, 0.25) is 0 Å². The van der Waals surface area contributed by atoms with Gasteiger partial charge in [0, 0.05) is 5.56 Å². The number of para-hydroxylation sites is 1. The van der Waals surface area contributed by atoms with Gasteiger partial charge in [-0.05, 0) is 31.7 Å². The van der Waals surface area contributed by atoms with Gasteiger partial charge in [-0.1, -0.05) is 32.0 Å². The van der Waals surface area contributed by atoms with Crippen molar-refractivity contribution in [2.45, 2.75) is 45.8 Å². The third-order valence-electron chi connectivity index (χ3n) is 3.03. The second-order valence-corrected chi connectivity index (χ2v) is 5.04. The molecule has 0 unspecified atom stereocenters. The van der Waals surface area contributed by atoms with Gasteiger partial charge in [0.05, 0.1) is 18.8 Å². The quantitative estimate of drug-likeness (QED) is 0.809. The molecule has 0 radical (unpaired) electrons. The van der Waals surface area contributed by atoms with Crippen LogP contribution in [0, 0.1) is 5.92 Å². The molecular formula is C15H26ClNO2. The largest absolute Gasteiger partial charge is 0.494 e. The van der Waals surface area contributed by atoms with Crippen molar-refractivity contribution in [3.63, 3.8) is 0 Å². The Morgan fingerprint density at radius 3 is 2.42 bits per heavy atom. The maximum Gasteiger partial charge on any atom is 0.124 e. The minimum atomic E-state index is -0.519. The van der Waals surface area contributed by atoms with Crippen LogP contribution in [0.15, 0.2) is 24.3 Å². The second-order valence-electron chi connectivity index (χ2n) is 5.04. The van der Waals surface area contributed by atoms with Gasteiger partial charge in [0.15, 0.2) is 0 Å². The Morgan fingerprint density at radius 2 is 1.84 bits per heavy atom. The Morgan fingerprint density at radius 1 is 1.21 bits per heavy atom. The Balaban J connectivity index is 0.00000324. The Bertz CT molecular complexity index is 358. The molecule has 0 aromatic heterocycles. The molecule has 19 heavy (non-hydrogen) atoms. The zero-order valence-corrected chi connectivity index (χ0v) is 12.8. The highest BCUT2D eigenvalue weighted by atomic mass is 35.5. The van der Waals surface area contributed by atoms with Crippen LogP contribution in [-0.2, 0) is 0 Å². The third kappa shape index (κ3) is 5.81. The summed E-state index contributed by atoms with van der Waals surface area (Å²) in [4.78, 5) is 0. The monoisotopic (exact) mass is 287 g/mol. The lowest BCUT2D eigenvalue weighted by Gasteiger charge is -2.22. The Labute approximate surface area is 122 Å². The van der Waals surface area contributed by atoms with Crippen LogP contribution in [0.3, 0.4) is 0 Å². The van der Waals surface area contributed by atoms with Gasteiger partial charge in [-0.2, -0.15) is 0 Å². The highest BCUT2D eigenvalue weighted by molar-refractivity contribution is 5.85. The highest BCUT2D eigenvalue weighted by Gasteiger charge is 2.20. The predicted octanol–water partition coefficient (Wildman–Crippen LogP) is 3.30. The zero-order valence-electron chi connectivity index (χ0n) is 12.0. The topological polar surface area (TPSA) is 55.5 Å². The first-order valence-corrected chi connectivity index (χ1v) is 6.71. The van der Waals surface area contributed by atoms with Crippen molar-refractivity contribution in [3.05, 3.63) is 29.8 Å². The molecule has 3 N–H and O–H groups in total. The van der Waals surface area contributed by atoms with Crippen molar-refractivity contribution < 1.29 is 9.84 Å². The normalized spacial score (nSPS) is 13.8. The van der Waals surface area contributed by atoms with E-state index in [1.165, 1.54) is 0 Å². The van der Waals surface area contributed by atoms with Crippen LogP contribution >= 0.6 is 12.4 Å². The molecule has 0 amide bonds. The van der Waals surface area contributed by atoms with E-state index in [1.807, 2.05) is 31.2 Å². The lowest BCUT2D eigenvalue weighted by molar-refractivity contribution is 0.126. The van der Waals surface area contributed by atoms with Gasteiger partial charge in [-0.25, -0.2) is 0 Å². The summed E-state index contributed by atoms with van der Waals surface area (Å²) >= 11 is 0. The molecule has 1 aromatic carbocycles. The predicted molar refractivity (Wildman–Crippen MR) is 81.9 cm³/mol. The van der Waals surface area contributed by atoms with E-state index in [-0.39, 0.29) is 18.4 Å². The van der Waals surface area contributed by atoms with Crippen LogP contribution in [-0.4, -0.2) is 17.8 Å². The Hall–Kier alpha value is -0.770. The molecule has 0 saturated heterocycles. The number of ether oxygens (including phenoxy) is 1. The molecule has 3 nitrogen and oxygen atoms in total. The molecule has 0 saturated carbocycles. The van der Waals surface area contributed by atoms with Gasteiger partial charge in [0.2, 0.25) is 0 Å². The van der Waals surface area contributed by atoms with E-state index < -0.39 is 6.10 Å². The Kier molecular flexibility index (Phi) is 8.81. The molecule has 1 rings (SSSR count). The molecular weight excluding hydrogens is 262 g/mol. The summed E-state index contributed by atoms with van der Waals surface area (Å²) in [5, 5.41) is 10.1. The molecule has 0 heterocycles. The van der Waals surface area contributed by atoms with Crippen molar-refractivity contribution in [1.82, 2.24) is 0 Å². The minimum absolute atomic E-state index is 0. The van der Waals surface area contributed by atoms with E-state index in [2.05, 4.69) is 13.8 Å². The van der Waals surface area contributed by atoms with Crippen molar-refractivity contribution in [3.8, 4) is 5.75 Å². The van der Waals surface area contributed by atoms with Crippen LogP contribution in [0.5, 0.6) is 5.75 Å². The summed E-state index contributed by atoms with van der Waals surface area (Å²) < 4.78 is 5.54. The lowest BCUT2D eigenvalue weighted by atomic mass is 9.95. The number of hydrogen-bond acceptors (Lipinski definition) is 3. The molecule has 110 valence electrons. The van der Waals surface area contributed by atoms with Crippen LogP contribution < -0.4 is 10.5 Å².